The third-order valence-corrected chi connectivity index (χ3v) is 2.38. The van der Waals surface area contributed by atoms with Crippen LogP contribution in [0.1, 0.15) is 19.3 Å². The largest absolute Gasteiger partial charge is 0.481 e. The third kappa shape index (κ3) is 14.6. The Bertz CT molecular complexity index is 360. The van der Waals surface area contributed by atoms with Crippen molar-refractivity contribution in [1.82, 2.24) is 10.6 Å². The summed E-state index contributed by atoms with van der Waals surface area (Å²) in [6.45, 7) is 2.56. The molecule has 0 aromatic rings. The molecular weight excluding hydrogens is 296 g/mol. The molecule has 0 aromatic carbocycles. The van der Waals surface area contributed by atoms with Crippen LogP contribution < -0.4 is 10.6 Å². The van der Waals surface area contributed by atoms with Gasteiger partial charge >= 0.3 is 5.97 Å². The maximum absolute atomic E-state index is 11.1. The predicted octanol–water partition coefficient (Wildman–Crippen LogP) is -1.29. The Labute approximate surface area is 128 Å². The maximum atomic E-state index is 11.1. The van der Waals surface area contributed by atoms with Crippen LogP contribution in [0.3, 0.4) is 0 Å². The first-order valence-corrected chi connectivity index (χ1v) is 6.93. The molecule has 0 heterocycles. The summed E-state index contributed by atoms with van der Waals surface area (Å²) in [5.74, 6) is -2.31. The van der Waals surface area contributed by atoms with Gasteiger partial charge in [-0.1, -0.05) is 0 Å². The molecule has 22 heavy (non-hydrogen) atoms. The van der Waals surface area contributed by atoms with Crippen molar-refractivity contribution in [2.75, 3.05) is 39.5 Å². The molecule has 9 nitrogen and oxygen atoms in total. The Balaban J connectivity index is 3.20. The van der Waals surface area contributed by atoms with E-state index in [1.54, 1.807) is 0 Å². The number of aldehydes is 1. The molecule has 9 heteroatoms. The lowest BCUT2D eigenvalue weighted by atomic mass is 10.3. The van der Waals surface area contributed by atoms with Gasteiger partial charge in [0.05, 0.1) is 32.8 Å². The molecule has 0 spiro atoms. The van der Waals surface area contributed by atoms with E-state index >= 15 is 0 Å². The van der Waals surface area contributed by atoms with E-state index in [2.05, 4.69) is 5.32 Å². The van der Waals surface area contributed by atoms with Crippen molar-refractivity contribution < 1.29 is 33.8 Å². The van der Waals surface area contributed by atoms with Gasteiger partial charge in [-0.3, -0.25) is 24.5 Å². The smallest absolute Gasteiger partial charge is 0.305 e. The Morgan fingerprint density at radius 3 is 2.27 bits per heavy atom. The van der Waals surface area contributed by atoms with Gasteiger partial charge in [0, 0.05) is 13.0 Å². The minimum Gasteiger partial charge on any atom is -0.481 e. The molecule has 0 fully saturated rings. The third-order valence-electron chi connectivity index (χ3n) is 2.38. The van der Waals surface area contributed by atoms with Crippen LogP contribution in [0.4, 0.5) is 0 Å². The zero-order valence-corrected chi connectivity index (χ0v) is 12.3. The highest BCUT2D eigenvalue weighted by Crippen LogP contribution is 1.87. The van der Waals surface area contributed by atoms with Crippen LogP contribution in [0.2, 0.25) is 0 Å². The second kappa shape index (κ2) is 14.1. The van der Waals surface area contributed by atoms with Gasteiger partial charge < -0.3 is 19.9 Å². The minimum atomic E-state index is -0.933. The molecule has 3 N–H and O–H groups in total. The predicted molar refractivity (Wildman–Crippen MR) is 75.2 cm³/mol. The van der Waals surface area contributed by atoms with Gasteiger partial charge in [-0.2, -0.15) is 0 Å². The van der Waals surface area contributed by atoms with Gasteiger partial charge in [-0.25, -0.2) is 0 Å². The quantitative estimate of drug-likeness (QED) is 0.205. The molecular formula is C13H22N2O7. The lowest BCUT2D eigenvalue weighted by molar-refractivity contribution is -0.138. The zero-order chi connectivity index (χ0) is 16.6. The first-order valence-electron chi connectivity index (χ1n) is 6.93. The second-order valence-corrected chi connectivity index (χ2v) is 4.25. The van der Waals surface area contributed by atoms with Crippen molar-refractivity contribution >= 4 is 24.1 Å². The van der Waals surface area contributed by atoms with Crippen molar-refractivity contribution in [3.05, 3.63) is 0 Å². The molecule has 0 saturated heterocycles. The summed E-state index contributed by atoms with van der Waals surface area (Å²) < 4.78 is 10.3. The fraction of sp³-hybridized carbons (Fsp3) is 0.692. The monoisotopic (exact) mass is 318 g/mol. The molecule has 0 bridgehead atoms. The molecule has 0 saturated carbocycles. The van der Waals surface area contributed by atoms with E-state index < -0.39 is 17.8 Å². The van der Waals surface area contributed by atoms with E-state index in [-0.39, 0.29) is 25.7 Å². The first kappa shape index (κ1) is 20.2. The molecule has 0 aliphatic carbocycles. The Hall–Kier alpha value is -1.84. The highest BCUT2D eigenvalue weighted by molar-refractivity contribution is 6.27. The van der Waals surface area contributed by atoms with Crippen molar-refractivity contribution in [2.45, 2.75) is 19.3 Å². The van der Waals surface area contributed by atoms with Gasteiger partial charge in [0.25, 0.3) is 5.91 Å². The summed E-state index contributed by atoms with van der Waals surface area (Å²) in [6, 6.07) is 0. The topological polar surface area (TPSA) is 131 Å². The lowest BCUT2D eigenvalue weighted by Crippen LogP contribution is -2.31. The fourth-order valence-electron chi connectivity index (χ4n) is 1.35. The van der Waals surface area contributed by atoms with E-state index in [1.807, 2.05) is 5.32 Å². The van der Waals surface area contributed by atoms with Crippen LogP contribution in [-0.2, 0) is 28.7 Å². The summed E-state index contributed by atoms with van der Waals surface area (Å²) in [6.07, 6.45) is 0.730. The molecule has 0 aliphatic rings. The average molecular weight is 318 g/mol. The Morgan fingerprint density at radius 1 is 0.955 bits per heavy atom. The number of carboxylic acids is 1. The Morgan fingerprint density at radius 2 is 1.64 bits per heavy atom. The van der Waals surface area contributed by atoms with Crippen LogP contribution >= 0.6 is 0 Å². The van der Waals surface area contributed by atoms with E-state index in [1.165, 1.54) is 0 Å². The number of ether oxygens (including phenoxy) is 2. The summed E-state index contributed by atoms with van der Waals surface area (Å²) in [4.78, 5) is 41.9. The Kier molecular flexibility index (Phi) is 12.9. The van der Waals surface area contributed by atoms with Crippen molar-refractivity contribution in [3.63, 3.8) is 0 Å². The number of nitrogens with one attached hydrogen (secondary N) is 2. The molecule has 0 atom stereocenters. The average Bonchev–Trinajstić information content (AvgIpc) is 2.47. The van der Waals surface area contributed by atoms with E-state index in [0.29, 0.717) is 39.3 Å². The summed E-state index contributed by atoms with van der Waals surface area (Å²) in [5.41, 5.74) is 0. The molecule has 0 radical (unpaired) electrons. The molecule has 0 unspecified atom stereocenters. The van der Waals surface area contributed by atoms with Crippen LogP contribution in [0.15, 0.2) is 0 Å². The van der Waals surface area contributed by atoms with Gasteiger partial charge in [-0.15, -0.1) is 0 Å². The highest BCUT2D eigenvalue weighted by atomic mass is 16.5. The van der Waals surface area contributed by atoms with E-state index in [0.717, 1.165) is 0 Å². The number of hydrogen-bond acceptors (Lipinski definition) is 7. The summed E-state index contributed by atoms with van der Waals surface area (Å²) in [5, 5.41) is 13.3. The van der Waals surface area contributed by atoms with Crippen LogP contribution in [0.5, 0.6) is 0 Å². The van der Waals surface area contributed by atoms with Gasteiger partial charge in [-0.05, 0) is 13.0 Å². The molecule has 2 amide bonds. The lowest BCUT2D eigenvalue weighted by Gasteiger charge is -2.06. The van der Waals surface area contributed by atoms with E-state index in [4.69, 9.17) is 14.6 Å². The molecule has 0 aromatic heterocycles. The van der Waals surface area contributed by atoms with Crippen molar-refractivity contribution in [1.29, 1.82) is 0 Å². The van der Waals surface area contributed by atoms with Crippen molar-refractivity contribution in [3.8, 4) is 0 Å². The second-order valence-electron chi connectivity index (χ2n) is 4.25. The number of carbonyl (C=O) groups excluding carboxylic acids is 3. The van der Waals surface area contributed by atoms with E-state index in [9.17, 15) is 19.2 Å². The standard InChI is InChI=1S/C13H22N2O7/c16-10-12(18)15-11(17)2-1-4-14-5-7-22-9-8-21-6-3-13(19)20/h10,14H,1-9H2,(H,19,20)(H,15,17,18). The minimum absolute atomic E-state index is 0.0203. The molecule has 0 rings (SSSR count). The number of rotatable bonds is 14. The van der Waals surface area contributed by atoms with Gasteiger partial charge in [0.15, 0.2) is 0 Å². The number of carbonyl (C=O) groups is 4. The molecule has 0 aliphatic heterocycles. The zero-order valence-electron chi connectivity index (χ0n) is 12.3. The number of aliphatic carboxylic acids is 1. The normalized spacial score (nSPS) is 10.2. The number of amides is 2. The number of hydrogen-bond donors (Lipinski definition) is 3. The van der Waals surface area contributed by atoms with Crippen LogP contribution in [0.25, 0.3) is 0 Å². The number of imide groups is 1. The summed E-state index contributed by atoms with van der Waals surface area (Å²) in [7, 11) is 0. The van der Waals surface area contributed by atoms with Gasteiger partial charge in [0.2, 0.25) is 12.2 Å². The number of carboxylic acid groups (broad SMARTS) is 1. The molecule has 126 valence electrons. The fourth-order valence-corrected chi connectivity index (χ4v) is 1.35. The SMILES string of the molecule is O=CC(=O)NC(=O)CCCNCCOCCOCCC(=O)O. The van der Waals surface area contributed by atoms with Gasteiger partial charge in [0.1, 0.15) is 0 Å². The van der Waals surface area contributed by atoms with Crippen molar-refractivity contribution in [2.24, 2.45) is 0 Å². The first-order chi connectivity index (χ1) is 10.6. The maximum Gasteiger partial charge on any atom is 0.305 e. The van der Waals surface area contributed by atoms with Crippen LogP contribution in [0, 0.1) is 0 Å². The highest BCUT2D eigenvalue weighted by Gasteiger charge is 2.05. The van der Waals surface area contributed by atoms with Crippen LogP contribution in [-0.4, -0.2) is 68.7 Å². The summed E-state index contributed by atoms with van der Waals surface area (Å²) >= 11 is 0.